The van der Waals surface area contributed by atoms with E-state index in [1.807, 2.05) is 6.92 Å². The van der Waals surface area contributed by atoms with E-state index in [0.29, 0.717) is 0 Å². The second kappa shape index (κ2) is 7.60. The first-order valence-corrected chi connectivity index (χ1v) is 9.37. The van der Waals surface area contributed by atoms with Crippen LogP contribution in [-0.2, 0) is 10.0 Å². The summed E-state index contributed by atoms with van der Waals surface area (Å²) >= 11 is 0. The van der Waals surface area contributed by atoms with Gasteiger partial charge in [-0.1, -0.05) is 17.7 Å². The van der Waals surface area contributed by atoms with Crippen LogP contribution in [0.3, 0.4) is 0 Å². The van der Waals surface area contributed by atoms with Crippen LogP contribution < -0.4 is 4.72 Å². The zero-order valence-corrected chi connectivity index (χ0v) is 15.0. The summed E-state index contributed by atoms with van der Waals surface area (Å²) < 4.78 is 38.2. The number of hydrogen-bond acceptors (Lipinski definition) is 6. The number of aryl methyl sites for hydroxylation is 1. The van der Waals surface area contributed by atoms with Gasteiger partial charge in [0.1, 0.15) is 11.5 Å². The Morgan fingerprint density at radius 3 is 2.33 bits per heavy atom. The Hall–Kier alpha value is -3.17. The first kappa shape index (κ1) is 18.6. The molecule has 1 aromatic carbocycles. The Bertz CT molecular complexity index is 1040. The molecule has 1 N–H and O–H groups in total. The fourth-order valence-corrected chi connectivity index (χ4v) is 3.60. The quantitative estimate of drug-likeness (QED) is 0.489. The molecule has 0 aliphatic heterocycles. The maximum Gasteiger partial charge on any atom is 0.275 e. The predicted octanol–water partition coefficient (Wildman–Crippen LogP) is 3.52. The summed E-state index contributed by atoms with van der Waals surface area (Å²) in [6.07, 6.45) is 3.83. The molecule has 0 saturated carbocycles. The van der Waals surface area contributed by atoms with Crippen LogP contribution in [0.1, 0.15) is 23.1 Å². The minimum absolute atomic E-state index is 0.00893. The van der Waals surface area contributed by atoms with Gasteiger partial charge in [0.25, 0.3) is 5.70 Å². The molecule has 1 unspecified atom stereocenters. The van der Waals surface area contributed by atoms with E-state index in [4.69, 9.17) is 8.83 Å². The molecule has 0 amide bonds. The minimum Gasteiger partial charge on any atom is -0.467 e. The van der Waals surface area contributed by atoms with Gasteiger partial charge in [0.2, 0.25) is 10.0 Å². The molecular weight excluding hydrogens is 372 g/mol. The predicted molar refractivity (Wildman–Crippen MR) is 96.6 cm³/mol. The van der Waals surface area contributed by atoms with E-state index in [0.717, 1.165) is 11.6 Å². The molecule has 9 heteroatoms. The highest BCUT2D eigenvalue weighted by molar-refractivity contribution is 7.89. The van der Waals surface area contributed by atoms with Gasteiger partial charge in [0.15, 0.2) is 6.04 Å². The highest BCUT2D eigenvalue weighted by Crippen LogP contribution is 2.27. The van der Waals surface area contributed by atoms with E-state index >= 15 is 0 Å². The number of nitrogens with one attached hydrogen (secondary N) is 1. The van der Waals surface area contributed by atoms with Gasteiger partial charge in [0.05, 0.1) is 28.4 Å². The second-order valence-corrected chi connectivity index (χ2v) is 7.44. The minimum atomic E-state index is -4.05. The average Bonchev–Trinajstić information content (AvgIpc) is 3.32. The van der Waals surface area contributed by atoms with Gasteiger partial charge in [-0.05, 0) is 43.3 Å². The smallest absolute Gasteiger partial charge is 0.275 e. The number of benzene rings is 1. The van der Waals surface area contributed by atoms with Crippen LogP contribution in [0.2, 0.25) is 0 Å². The number of hydrogen-bond donors (Lipinski definition) is 1. The number of sulfonamides is 1. The Balaban J connectivity index is 2.04. The van der Waals surface area contributed by atoms with Crippen molar-refractivity contribution in [2.45, 2.75) is 17.9 Å². The molecule has 0 spiro atoms. The van der Waals surface area contributed by atoms with E-state index in [2.05, 4.69) is 4.72 Å². The van der Waals surface area contributed by atoms with Crippen LogP contribution in [0.4, 0.5) is 0 Å². The Morgan fingerprint density at radius 2 is 1.78 bits per heavy atom. The van der Waals surface area contributed by atoms with E-state index < -0.39 is 26.7 Å². The lowest BCUT2D eigenvalue weighted by Gasteiger charge is -2.15. The third-order valence-corrected chi connectivity index (χ3v) is 5.21. The molecule has 0 saturated heterocycles. The zero-order valence-electron chi connectivity index (χ0n) is 14.2. The Labute approximate surface area is 155 Å². The molecule has 140 valence electrons. The molecular formula is C18H16N2O6S. The van der Waals surface area contributed by atoms with Crippen molar-refractivity contribution in [3.05, 3.63) is 94.0 Å². The highest BCUT2D eigenvalue weighted by atomic mass is 32.2. The van der Waals surface area contributed by atoms with Crippen molar-refractivity contribution in [1.29, 1.82) is 0 Å². The molecule has 8 nitrogen and oxygen atoms in total. The molecule has 3 rings (SSSR count). The van der Waals surface area contributed by atoms with Gasteiger partial charge >= 0.3 is 0 Å². The van der Waals surface area contributed by atoms with Crippen LogP contribution in [0.5, 0.6) is 0 Å². The third-order valence-electron chi connectivity index (χ3n) is 3.77. The van der Waals surface area contributed by atoms with Crippen molar-refractivity contribution in [2.75, 3.05) is 0 Å². The molecule has 0 aliphatic rings. The average molecular weight is 388 g/mol. The van der Waals surface area contributed by atoms with Crippen LogP contribution in [0, 0.1) is 17.0 Å². The van der Waals surface area contributed by atoms with Gasteiger partial charge in [-0.3, -0.25) is 10.1 Å². The topological polar surface area (TPSA) is 116 Å². The van der Waals surface area contributed by atoms with Gasteiger partial charge in [-0.2, -0.15) is 4.72 Å². The number of nitrogens with zero attached hydrogens (tertiary/aromatic N) is 1. The van der Waals surface area contributed by atoms with E-state index in [-0.39, 0.29) is 16.4 Å². The normalized spacial score (nSPS) is 13.4. The monoisotopic (exact) mass is 388 g/mol. The molecule has 3 aromatic rings. The van der Waals surface area contributed by atoms with Crippen molar-refractivity contribution in [1.82, 2.24) is 4.72 Å². The van der Waals surface area contributed by atoms with E-state index in [1.165, 1.54) is 42.9 Å². The fraction of sp³-hybridized carbons (Fsp3) is 0.111. The standard InChI is InChI=1S/C18H16N2O6S/c1-13-6-8-15(9-7-13)27(23,24)19-18(17-5-3-11-26-17)16(20(21)22)12-14-4-2-10-25-14/h2-12,18-19H,1H3/b16-12+. The largest absolute Gasteiger partial charge is 0.467 e. The summed E-state index contributed by atoms with van der Waals surface area (Å²) in [5.74, 6) is 0.299. The lowest BCUT2D eigenvalue weighted by Crippen LogP contribution is -2.31. The Morgan fingerprint density at radius 1 is 1.11 bits per heavy atom. The van der Waals surface area contributed by atoms with Crippen molar-refractivity contribution in [3.8, 4) is 0 Å². The summed E-state index contributed by atoms with van der Waals surface area (Å²) in [6.45, 7) is 1.83. The number of nitro groups is 1. The highest BCUT2D eigenvalue weighted by Gasteiger charge is 2.34. The summed E-state index contributed by atoms with van der Waals surface area (Å²) in [7, 11) is -4.05. The molecule has 0 radical (unpaired) electrons. The zero-order chi connectivity index (χ0) is 19.4. The third kappa shape index (κ3) is 4.33. The van der Waals surface area contributed by atoms with Crippen LogP contribution >= 0.6 is 0 Å². The van der Waals surface area contributed by atoms with Crippen LogP contribution in [-0.4, -0.2) is 13.3 Å². The molecule has 1 atom stereocenters. The summed E-state index contributed by atoms with van der Waals surface area (Å²) in [4.78, 5) is 11.0. The molecule has 0 bridgehead atoms. The lowest BCUT2D eigenvalue weighted by atomic mass is 10.1. The van der Waals surface area contributed by atoms with Crippen molar-refractivity contribution in [2.24, 2.45) is 0 Å². The molecule has 0 fully saturated rings. The van der Waals surface area contributed by atoms with E-state index in [1.54, 1.807) is 18.2 Å². The first-order chi connectivity index (χ1) is 12.9. The second-order valence-electron chi connectivity index (χ2n) is 5.72. The maximum atomic E-state index is 12.8. The SMILES string of the molecule is Cc1ccc(S(=O)(=O)NC(/C(=C\c2ccco2)[N+](=O)[O-])c2ccco2)cc1. The summed E-state index contributed by atoms with van der Waals surface area (Å²) in [5, 5.41) is 11.6. The van der Waals surface area contributed by atoms with Gasteiger partial charge in [-0.15, -0.1) is 0 Å². The molecule has 0 aliphatic carbocycles. The summed E-state index contributed by atoms with van der Waals surface area (Å²) in [5.41, 5.74) is 0.454. The van der Waals surface area contributed by atoms with E-state index in [9.17, 15) is 18.5 Å². The molecule has 2 aromatic heterocycles. The molecule has 27 heavy (non-hydrogen) atoms. The van der Waals surface area contributed by atoms with Crippen molar-refractivity contribution < 1.29 is 22.2 Å². The van der Waals surface area contributed by atoms with Crippen LogP contribution in [0.15, 0.2) is 80.5 Å². The number of rotatable bonds is 7. The van der Waals surface area contributed by atoms with Gasteiger partial charge in [-0.25, -0.2) is 8.42 Å². The van der Waals surface area contributed by atoms with Gasteiger partial charge in [0, 0.05) is 0 Å². The first-order valence-electron chi connectivity index (χ1n) is 7.89. The Kier molecular flexibility index (Phi) is 5.24. The van der Waals surface area contributed by atoms with Crippen LogP contribution in [0.25, 0.3) is 6.08 Å². The number of furan rings is 2. The van der Waals surface area contributed by atoms with Crippen molar-refractivity contribution in [3.63, 3.8) is 0 Å². The van der Waals surface area contributed by atoms with Crippen molar-refractivity contribution >= 4 is 16.1 Å². The summed E-state index contributed by atoms with van der Waals surface area (Å²) in [6, 6.07) is 10.9. The fourth-order valence-electron chi connectivity index (χ4n) is 2.42. The molecule has 2 heterocycles. The lowest BCUT2D eigenvalue weighted by molar-refractivity contribution is -0.429. The maximum absolute atomic E-state index is 12.8. The van der Waals surface area contributed by atoms with Gasteiger partial charge < -0.3 is 8.83 Å².